The van der Waals surface area contributed by atoms with Crippen molar-refractivity contribution in [3.63, 3.8) is 0 Å². The Morgan fingerprint density at radius 3 is 1.45 bits per heavy atom. The average Bonchev–Trinajstić information content (AvgIpc) is 3.54. The second-order valence-electron chi connectivity index (χ2n) is 14.9. The maximum absolute atomic E-state index is 14.2. The largest absolute Gasteiger partial charge is 0.441 e. The Bertz CT molecular complexity index is 1400. The molecule has 2 aromatic carbocycles. The molecule has 0 spiro atoms. The Balaban J connectivity index is 1.55. The molecule has 1 saturated heterocycles. The number of anilines is 1. The fourth-order valence-electron chi connectivity index (χ4n) is 7.12. The van der Waals surface area contributed by atoms with Crippen LogP contribution >= 0.6 is 0 Å². The molecule has 2 amide bonds. The van der Waals surface area contributed by atoms with Crippen LogP contribution in [0.4, 0.5) is 15.3 Å². The van der Waals surface area contributed by atoms with Crippen molar-refractivity contribution in [3.05, 3.63) is 36.4 Å². The molecule has 0 radical (unpaired) electrons. The number of amides is 2. The second-order valence-corrected chi connectivity index (χ2v) is 16.9. The number of unbranched alkanes of at least 4 members (excludes halogenated alkanes) is 18. The van der Waals surface area contributed by atoms with Crippen molar-refractivity contribution < 1.29 is 27.5 Å². The molecule has 11 heteroatoms. The van der Waals surface area contributed by atoms with Crippen LogP contribution in [0.25, 0.3) is 10.8 Å². The molecule has 2 aromatic rings. The van der Waals surface area contributed by atoms with Crippen LogP contribution in [0, 0.1) is 0 Å². The fraction of sp³-hybridized carbons (Fsp3) is 0.714. The van der Waals surface area contributed by atoms with Crippen molar-refractivity contribution >= 4 is 38.7 Å². The zero-order valence-electron chi connectivity index (χ0n) is 33.3. The van der Waals surface area contributed by atoms with E-state index in [9.17, 15) is 18.0 Å². The number of ether oxygens (including phenoxy) is 2. The highest BCUT2D eigenvalue weighted by Crippen LogP contribution is 2.33. The molecule has 2 N–H and O–H groups in total. The molecule has 53 heavy (non-hydrogen) atoms. The lowest BCUT2D eigenvalue weighted by Gasteiger charge is -2.20. The average molecular weight is 759 g/mol. The van der Waals surface area contributed by atoms with Crippen LogP contribution in [0.1, 0.15) is 142 Å². The van der Waals surface area contributed by atoms with Gasteiger partial charge >= 0.3 is 12.2 Å². The minimum atomic E-state index is -4.03. The van der Waals surface area contributed by atoms with Gasteiger partial charge in [0, 0.05) is 43.6 Å². The molecule has 300 valence electrons. The van der Waals surface area contributed by atoms with Crippen LogP contribution in [0.2, 0.25) is 0 Å². The number of alkyl carbamates (subject to hydrolysis) is 2. The fourth-order valence-corrected chi connectivity index (χ4v) is 8.79. The number of hydrogen-bond acceptors (Lipinski definition) is 7. The number of fused-ring (bicyclic) bond motifs is 1. The van der Waals surface area contributed by atoms with Crippen molar-refractivity contribution in [2.24, 2.45) is 0 Å². The Morgan fingerprint density at radius 1 is 0.623 bits per heavy atom. The number of nitrogens with zero attached hydrogens (tertiary/aromatic N) is 2. The molecule has 0 aliphatic carbocycles. The molecule has 2 atom stereocenters. The van der Waals surface area contributed by atoms with Crippen LogP contribution in [0.3, 0.4) is 0 Å². The molecule has 10 nitrogen and oxygen atoms in total. The number of rotatable bonds is 27. The summed E-state index contributed by atoms with van der Waals surface area (Å²) in [6, 6.07) is 10.8. The molecule has 3 rings (SSSR count). The van der Waals surface area contributed by atoms with Crippen LogP contribution < -0.4 is 15.5 Å². The predicted octanol–water partition coefficient (Wildman–Crippen LogP) is 9.94. The molecule has 1 heterocycles. The van der Waals surface area contributed by atoms with Crippen molar-refractivity contribution in [3.8, 4) is 0 Å². The molecule has 0 aromatic heterocycles. The zero-order chi connectivity index (χ0) is 38.3. The minimum Gasteiger partial charge on any atom is -0.441 e. The van der Waals surface area contributed by atoms with E-state index < -0.39 is 34.4 Å². The highest BCUT2D eigenvalue weighted by Gasteiger charge is 2.44. The summed E-state index contributed by atoms with van der Waals surface area (Å²) in [5, 5.41) is 7.06. The van der Waals surface area contributed by atoms with E-state index in [-0.39, 0.29) is 18.0 Å². The van der Waals surface area contributed by atoms with Crippen LogP contribution in [0.15, 0.2) is 41.3 Å². The minimum absolute atomic E-state index is 0.117. The molecular weight excluding hydrogens is 689 g/mol. The highest BCUT2D eigenvalue weighted by molar-refractivity contribution is 7.89. The number of sulfonamides is 1. The van der Waals surface area contributed by atoms with Crippen molar-refractivity contribution in [1.29, 1.82) is 0 Å². The van der Waals surface area contributed by atoms with Gasteiger partial charge in [0.2, 0.25) is 10.0 Å². The summed E-state index contributed by atoms with van der Waals surface area (Å²) in [5.41, 5.74) is 0.904. The lowest BCUT2D eigenvalue weighted by atomic mass is 10.1. The third-order valence-electron chi connectivity index (χ3n) is 10.3. The number of benzene rings is 2. The van der Waals surface area contributed by atoms with Crippen molar-refractivity contribution in [1.82, 2.24) is 14.9 Å². The molecule has 0 saturated carbocycles. The normalized spacial score (nSPS) is 16.2. The molecule has 1 aliphatic heterocycles. The summed E-state index contributed by atoms with van der Waals surface area (Å²) < 4.78 is 41.1. The number of nitrogens with one attached hydrogen (secondary N) is 2. The summed E-state index contributed by atoms with van der Waals surface area (Å²) in [6.45, 7) is 5.17. The summed E-state index contributed by atoms with van der Waals surface area (Å²) in [7, 11) is -0.192. The van der Waals surface area contributed by atoms with Gasteiger partial charge in [0.25, 0.3) is 0 Å². The van der Waals surface area contributed by atoms with Gasteiger partial charge in [0.05, 0.1) is 18.0 Å². The van der Waals surface area contributed by atoms with E-state index in [2.05, 4.69) is 24.5 Å². The Hall–Kier alpha value is -3.05. The van der Waals surface area contributed by atoms with Crippen molar-refractivity contribution in [2.75, 3.05) is 45.2 Å². The van der Waals surface area contributed by atoms with Crippen LogP contribution in [-0.4, -0.2) is 77.4 Å². The van der Waals surface area contributed by atoms with Gasteiger partial charge < -0.3 is 25.0 Å². The van der Waals surface area contributed by atoms with Crippen molar-refractivity contribution in [2.45, 2.75) is 159 Å². The van der Waals surface area contributed by atoms with E-state index in [1.54, 1.807) is 18.2 Å². The van der Waals surface area contributed by atoms with E-state index in [0.29, 0.717) is 18.5 Å². The molecule has 1 aliphatic rings. The lowest BCUT2D eigenvalue weighted by molar-refractivity contribution is 0.0175. The van der Waals surface area contributed by atoms with Gasteiger partial charge in [-0.25, -0.2) is 18.0 Å². The van der Waals surface area contributed by atoms with Crippen LogP contribution in [0.5, 0.6) is 0 Å². The molecule has 1 fully saturated rings. The summed E-state index contributed by atoms with van der Waals surface area (Å²) in [6.07, 6.45) is 20.8. The first-order chi connectivity index (χ1) is 25.7. The zero-order valence-corrected chi connectivity index (χ0v) is 34.2. The first kappa shape index (κ1) is 44.3. The first-order valence-corrected chi connectivity index (χ1v) is 22.2. The molecular formula is C42H70N4O6S. The quantitative estimate of drug-likeness (QED) is 0.0872. The first-order valence-electron chi connectivity index (χ1n) is 20.8. The van der Waals surface area contributed by atoms with E-state index >= 15 is 0 Å². The van der Waals surface area contributed by atoms with Gasteiger partial charge in [-0.15, -0.1) is 0 Å². The predicted molar refractivity (Wildman–Crippen MR) is 217 cm³/mol. The molecule has 0 bridgehead atoms. The molecule has 0 unspecified atom stereocenters. The topological polar surface area (TPSA) is 117 Å². The number of hydrogen-bond donors (Lipinski definition) is 2. The standard InChI is InChI=1S/C42H70N4O6S/c1-5-7-9-11-13-15-17-19-21-23-31-43-41(47)51-38-33-46(53(49,50)40-30-26-27-35-36(40)28-25-29-37(35)45(3)4)34-39(38)52-42(48)44-32-24-22-20-18-16-14-12-10-8-6-2/h25-30,38-39H,5-24,31-34H2,1-4H3,(H,43,47)(H,44,48)/t38-,39-/m0/s1. The van der Waals surface area contributed by atoms with Gasteiger partial charge in [0.15, 0.2) is 12.2 Å². The summed E-state index contributed by atoms with van der Waals surface area (Å²) >= 11 is 0. The Morgan fingerprint density at radius 2 is 1.02 bits per heavy atom. The van der Waals surface area contributed by atoms with Gasteiger partial charge in [-0.3, -0.25) is 0 Å². The van der Waals surface area contributed by atoms with E-state index in [1.165, 1.54) is 94.2 Å². The number of carbonyl (C=O) groups excluding carboxylic acids is 2. The van der Waals surface area contributed by atoms with E-state index in [4.69, 9.17) is 9.47 Å². The monoisotopic (exact) mass is 759 g/mol. The van der Waals surface area contributed by atoms with Gasteiger partial charge in [-0.05, 0) is 25.0 Å². The smallest absolute Gasteiger partial charge is 0.407 e. The number of carbonyl (C=O) groups is 2. The SMILES string of the molecule is CCCCCCCCCCCCNC(=O)O[C@H]1CN(S(=O)(=O)c2cccc3c(N(C)C)cccc23)C[C@@H]1OC(=O)NCCCCCCCCCCCC. The second kappa shape index (κ2) is 25.1. The lowest BCUT2D eigenvalue weighted by Crippen LogP contribution is -2.39. The summed E-state index contributed by atoms with van der Waals surface area (Å²) in [4.78, 5) is 27.9. The summed E-state index contributed by atoms with van der Waals surface area (Å²) in [5.74, 6) is 0. The van der Waals surface area contributed by atoms with Gasteiger partial charge in [-0.2, -0.15) is 4.31 Å². The Kier molecular flexibility index (Phi) is 21.0. The third-order valence-corrected chi connectivity index (χ3v) is 12.1. The van der Waals surface area contributed by atoms with E-state index in [0.717, 1.165) is 49.6 Å². The highest BCUT2D eigenvalue weighted by atomic mass is 32.2. The van der Waals surface area contributed by atoms with Gasteiger partial charge in [0.1, 0.15) is 0 Å². The van der Waals surface area contributed by atoms with Gasteiger partial charge in [-0.1, -0.05) is 154 Å². The maximum Gasteiger partial charge on any atom is 0.407 e. The third kappa shape index (κ3) is 15.7. The van der Waals surface area contributed by atoms with E-state index in [1.807, 2.05) is 37.2 Å². The maximum atomic E-state index is 14.2. The Labute approximate surface area is 321 Å². The van der Waals surface area contributed by atoms with Crippen LogP contribution in [-0.2, 0) is 19.5 Å².